The second-order valence-corrected chi connectivity index (χ2v) is 9.20. The number of nitrogens with one attached hydrogen (secondary N) is 1. The van der Waals surface area contributed by atoms with Crippen molar-refractivity contribution in [3.05, 3.63) is 71.8 Å². The molecule has 33 heavy (non-hydrogen) atoms. The minimum Gasteiger partial charge on any atom is -0.454 e. The van der Waals surface area contributed by atoms with Gasteiger partial charge >= 0.3 is 6.03 Å². The van der Waals surface area contributed by atoms with Crippen LogP contribution in [0.15, 0.2) is 60.7 Å². The van der Waals surface area contributed by atoms with E-state index in [1.165, 1.54) is 54.4 Å². The topological polar surface area (TPSA) is 50.8 Å². The molecule has 2 amide bonds. The number of urea groups is 1. The molecule has 3 aromatic rings. The number of rotatable bonds is 3. The number of amides is 2. The molecule has 1 N–H and O–H groups in total. The lowest BCUT2D eigenvalue weighted by atomic mass is 9.83. The number of carbonyl (C=O) groups excluding carboxylic acids is 1. The largest absolute Gasteiger partial charge is 0.454 e. The van der Waals surface area contributed by atoms with Crippen LogP contribution in [0.1, 0.15) is 49.1 Å². The molecule has 0 aromatic heterocycles. The van der Waals surface area contributed by atoms with Gasteiger partial charge in [-0.15, -0.1) is 0 Å². The average molecular weight is 441 g/mol. The number of fused-ring (bicyclic) bond motifs is 2. The van der Waals surface area contributed by atoms with Crippen LogP contribution in [0.2, 0.25) is 0 Å². The van der Waals surface area contributed by atoms with E-state index in [1.807, 2.05) is 17.0 Å². The van der Waals surface area contributed by atoms with Gasteiger partial charge in [-0.05, 0) is 71.7 Å². The van der Waals surface area contributed by atoms with E-state index in [-0.39, 0.29) is 12.8 Å². The predicted octanol–water partition coefficient (Wildman–Crippen LogP) is 6.72. The summed E-state index contributed by atoms with van der Waals surface area (Å²) in [6, 6.07) is 20.9. The van der Waals surface area contributed by atoms with E-state index in [0.717, 1.165) is 18.0 Å². The molecule has 0 saturated heterocycles. The van der Waals surface area contributed by atoms with Crippen molar-refractivity contribution in [1.29, 1.82) is 0 Å². The van der Waals surface area contributed by atoms with Gasteiger partial charge in [-0.3, -0.25) is 4.90 Å². The van der Waals surface area contributed by atoms with Crippen LogP contribution in [-0.2, 0) is 6.42 Å². The van der Waals surface area contributed by atoms with Gasteiger partial charge in [-0.25, -0.2) is 4.79 Å². The van der Waals surface area contributed by atoms with Gasteiger partial charge in [-0.2, -0.15) is 0 Å². The Labute approximate surface area is 194 Å². The first-order valence-corrected chi connectivity index (χ1v) is 12.0. The van der Waals surface area contributed by atoms with Crippen molar-refractivity contribution in [1.82, 2.24) is 0 Å². The molecule has 0 bridgehead atoms. The van der Waals surface area contributed by atoms with Crippen molar-refractivity contribution < 1.29 is 14.3 Å². The SMILES string of the molecule is O=C(Nc1ccc2c(c1)OCO2)N1CCc2cc(-c3ccc(C4CCCCC4)cc3)ccc21. The third-order valence-electron chi connectivity index (χ3n) is 7.16. The van der Waals surface area contributed by atoms with Gasteiger partial charge in [-0.1, -0.05) is 49.6 Å². The van der Waals surface area contributed by atoms with Gasteiger partial charge in [0.25, 0.3) is 0 Å². The summed E-state index contributed by atoms with van der Waals surface area (Å²) in [6.07, 6.45) is 7.60. The molecular formula is C28H28N2O3. The molecule has 5 heteroatoms. The maximum absolute atomic E-state index is 13.0. The summed E-state index contributed by atoms with van der Waals surface area (Å²) < 4.78 is 10.8. The minimum atomic E-state index is -0.128. The molecule has 0 spiro atoms. The summed E-state index contributed by atoms with van der Waals surface area (Å²) in [6.45, 7) is 0.896. The number of ether oxygens (including phenoxy) is 2. The highest BCUT2D eigenvalue weighted by Crippen LogP contribution is 2.37. The Morgan fingerprint density at radius 3 is 2.48 bits per heavy atom. The Morgan fingerprint density at radius 1 is 0.848 bits per heavy atom. The summed E-state index contributed by atoms with van der Waals surface area (Å²) in [4.78, 5) is 14.8. The van der Waals surface area contributed by atoms with Crippen molar-refractivity contribution in [2.24, 2.45) is 0 Å². The van der Waals surface area contributed by atoms with Gasteiger partial charge in [0.05, 0.1) is 0 Å². The summed E-state index contributed by atoms with van der Waals surface area (Å²) >= 11 is 0. The van der Waals surface area contributed by atoms with E-state index < -0.39 is 0 Å². The second kappa shape index (κ2) is 8.47. The molecule has 2 heterocycles. The molecule has 3 aromatic carbocycles. The number of benzene rings is 3. The van der Waals surface area contributed by atoms with Crippen molar-refractivity contribution in [3.8, 4) is 22.6 Å². The number of carbonyl (C=O) groups is 1. The zero-order valence-corrected chi connectivity index (χ0v) is 18.7. The monoisotopic (exact) mass is 440 g/mol. The third kappa shape index (κ3) is 3.92. The zero-order valence-electron chi connectivity index (χ0n) is 18.7. The van der Waals surface area contributed by atoms with Gasteiger partial charge in [0, 0.05) is 24.0 Å². The van der Waals surface area contributed by atoms with E-state index >= 15 is 0 Å². The fourth-order valence-electron chi connectivity index (χ4n) is 5.34. The minimum absolute atomic E-state index is 0.128. The Morgan fingerprint density at radius 2 is 1.64 bits per heavy atom. The first kappa shape index (κ1) is 20.2. The molecule has 1 fully saturated rings. The molecule has 168 valence electrons. The zero-order chi connectivity index (χ0) is 22.2. The molecular weight excluding hydrogens is 412 g/mol. The lowest BCUT2D eigenvalue weighted by molar-refractivity contribution is 0.174. The number of anilines is 2. The summed E-state index contributed by atoms with van der Waals surface area (Å²) in [7, 11) is 0. The molecule has 0 atom stereocenters. The van der Waals surface area contributed by atoms with Crippen molar-refractivity contribution in [3.63, 3.8) is 0 Å². The van der Waals surface area contributed by atoms with Crippen LogP contribution >= 0.6 is 0 Å². The highest BCUT2D eigenvalue weighted by atomic mass is 16.7. The molecule has 3 aliphatic rings. The standard InChI is InChI=1S/C28H28N2O3/c31-28(29-24-11-13-26-27(17-24)33-18-32-26)30-15-14-23-16-22(10-12-25(23)30)21-8-6-20(7-9-21)19-4-2-1-3-5-19/h6-13,16-17,19H,1-5,14-15,18H2,(H,29,31). The van der Waals surface area contributed by atoms with Crippen LogP contribution in [0.25, 0.3) is 11.1 Å². The molecule has 1 aliphatic carbocycles. The highest BCUT2D eigenvalue weighted by Gasteiger charge is 2.26. The fourth-order valence-corrected chi connectivity index (χ4v) is 5.34. The quantitative estimate of drug-likeness (QED) is 0.492. The van der Waals surface area contributed by atoms with Crippen LogP contribution < -0.4 is 19.7 Å². The third-order valence-corrected chi connectivity index (χ3v) is 7.16. The number of hydrogen-bond donors (Lipinski definition) is 1. The molecule has 6 rings (SSSR count). The Kier molecular flexibility index (Phi) is 5.17. The molecule has 2 aliphatic heterocycles. The van der Waals surface area contributed by atoms with Crippen LogP contribution in [0.4, 0.5) is 16.2 Å². The van der Waals surface area contributed by atoms with Crippen molar-refractivity contribution in [2.45, 2.75) is 44.4 Å². The number of nitrogens with zero attached hydrogens (tertiary/aromatic N) is 1. The van der Waals surface area contributed by atoms with Gasteiger partial charge in [0.2, 0.25) is 6.79 Å². The summed E-state index contributed by atoms with van der Waals surface area (Å²) in [5.41, 5.74) is 6.82. The summed E-state index contributed by atoms with van der Waals surface area (Å²) in [5.74, 6) is 2.09. The first-order chi connectivity index (χ1) is 16.2. The molecule has 1 saturated carbocycles. The fraction of sp³-hybridized carbons (Fsp3) is 0.321. The normalized spacial score (nSPS) is 17.2. The van der Waals surface area contributed by atoms with Crippen molar-refractivity contribution >= 4 is 17.4 Å². The van der Waals surface area contributed by atoms with Gasteiger partial charge < -0.3 is 14.8 Å². The smallest absolute Gasteiger partial charge is 0.326 e. The van der Waals surface area contributed by atoms with Crippen LogP contribution in [0, 0.1) is 0 Å². The van der Waals surface area contributed by atoms with Crippen LogP contribution in [0.5, 0.6) is 11.5 Å². The van der Waals surface area contributed by atoms with Crippen LogP contribution in [-0.4, -0.2) is 19.4 Å². The summed E-state index contributed by atoms with van der Waals surface area (Å²) in [5, 5.41) is 2.99. The van der Waals surface area contributed by atoms with Crippen LogP contribution in [0.3, 0.4) is 0 Å². The number of hydrogen-bond acceptors (Lipinski definition) is 3. The first-order valence-electron chi connectivity index (χ1n) is 12.0. The second-order valence-electron chi connectivity index (χ2n) is 9.20. The maximum Gasteiger partial charge on any atom is 0.326 e. The molecule has 5 nitrogen and oxygen atoms in total. The van der Waals surface area contributed by atoms with Gasteiger partial charge in [0.1, 0.15) is 0 Å². The molecule has 0 radical (unpaired) electrons. The van der Waals surface area contributed by atoms with E-state index in [4.69, 9.17) is 9.47 Å². The van der Waals surface area contributed by atoms with E-state index in [2.05, 4.69) is 47.8 Å². The Bertz CT molecular complexity index is 1180. The Balaban J connectivity index is 1.17. The van der Waals surface area contributed by atoms with E-state index in [1.54, 1.807) is 6.07 Å². The van der Waals surface area contributed by atoms with E-state index in [0.29, 0.717) is 23.7 Å². The lowest BCUT2D eigenvalue weighted by Gasteiger charge is -2.22. The molecule has 0 unspecified atom stereocenters. The van der Waals surface area contributed by atoms with Crippen molar-refractivity contribution in [2.75, 3.05) is 23.6 Å². The highest BCUT2D eigenvalue weighted by molar-refractivity contribution is 6.03. The predicted molar refractivity (Wildman–Crippen MR) is 130 cm³/mol. The lowest BCUT2D eigenvalue weighted by Crippen LogP contribution is -2.33. The Hall–Kier alpha value is -3.47. The maximum atomic E-state index is 13.0. The average Bonchev–Trinajstić information content (AvgIpc) is 3.51. The van der Waals surface area contributed by atoms with Gasteiger partial charge in [0.15, 0.2) is 11.5 Å². The van der Waals surface area contributed by atoms with E-state index in [9.17, 15) is 4.79 Å².